The fourth-order valence-corrected chi connectivity index (χ4v) is 0.500. The van der Waals surface area contributed by atoms with E-state index in [1.165, 1.54) is 0 Å². The van der Waals surface area contributed by atoms with Crippen LogP contribution in [0, 0.1) is 27.4 Å². The number of hydrogen-bond acceptors (Lipinski definition) is 4. The van der Waals surface area contributed by atoms with Gasteiger partial charge in [-0.2, -0.15) is 0 Å². The topological polar surface area (TPSA) is 87.2 Å². The molecular weight excluding hydrogens is 160 g/mol. The number of amidine groups is 1. The van der Waals surface area contributed by atoms with Crippen LogP contribution in [-0.4, -0.2) is 22.5 Å². The number of nitro groups is 1. The minimum atomic E-state index is -0.854. The van der Waals surface area contributed by atoms with Crippen LogP contribution in [0.2, 0.25) is 0 Å². The van der Waals surface area contributed by atoms with E-state index in [9.17, 15) is 10.1 Å². The van der Waals surface area contributed by atoms with Gasteiger partial charge in [0.25, 0.3) is 0 Å². The molecule has 0 saturated heterocycles. The Labute approximate surface area is 69.4 Å². The molecule has 0 atom stereocenters. The molecule has 5 nitrogen and oxygen atoms in total. The van der Waals surface area contributed by atoms with E-state index in [4.69, 9.17) is 10.5 Å². The second-order valence-corrected chi connectivity index (χ2v) is 1.85. The van der Waals surface area contributed by atoms with Crippen molar-refractivity contribution in [1.82, 2.24) is 0 Å². The Morgan fingerprint density at radius 1 is 1.83 bits per heavy atom. The van der Waals surface area contributed by atoms with Gasteiger partial charge < -0.3 is 15.2 Å². The predicted molar refractivity (Wildman–Crippen MR) is 43.3 cm³/mol. The van der Waals surface area contributed by atoms with Gasteiger partial charge in [-0.15, -0.1) is 5.92 Å². The molecule has 0 saturated carbocycles. The molecule has 64 valence electrons. The van der Waals surface area contributed by atoms with Crippen LogP contribution in [0.25, 0.3) is 0 Å². The quantitative estimate of drug-likeness (QED) is 0.203. The molecule has 0 amide bonds. The Morgan fingerprint density at radius 2 is 2.42 bits per heavy atom. The van der Waals surface area contributed by atoms with Crippen molar-refractivity contribution >= 4 is 5.84 Å². The van der Waals surface area contributed by atoms with Crippen molar-refractivity contribution in [3.05, 3.63) is 21.8 Å². The zero-order valence-electron chi connectivity index (χ0n) is 6.50. The van der Waals surface area contributed by atoms with Crippen molar-refractivity contribution in [2.45, 2.75) is 6.92 Å². The maximum Gasteiger partial charge on any atom is 0.356 e. The molecule has 0 spiro atoms. The number of nitrogens with one attached hydrogen (secondary N) is 1. The molecule has 0 fully saturated rings. The van der Waals surface area contributed by atoms with Gasteiger partial charge in [0.1, 0.15) is 0 Å². The molecule has 0 aromatic rings. The summed E-state index contributed by atoms with van der Waals surface area (Å²) in [6.45, 7) is 1.15. The lowest BCUT2D eigenvalue weighted by Gasteiger charge is -1.91. The first kappa shape index (κ1) is 10.3. The molecule has 0 aliphatic rings. The molecule has 0 aliphatic carbocycles. The predicted octanol–water partition coefficient (Wildman–Crippen LogP) is 0.182. The van der Waals surface area contributed by atoms with Gasteiger partial charge in [-0.1, -0.05) is 11.3 Å². The van der Waals surface area contributed by atoms with E-state index in [1.807, 2.05) is 0 Å². The van der Waals surface area contributed by atoms with Crippen LogP contribution in [0.5, 0.6) is 0 Å². The van der Waals surface area contributed by atoms with Crippen LogP contribution in [0.15, 0.2) is 11.6 Å². The molecule has 0 aliphatic heterocycles. The summed E-state index contributed by atoms with van der Waals surface area (Å²) < 4.78 is 0. The Balaban J connectivity index is 4.56. The maximum absolute atomic E-state index is 9.96. The monoisotopic (exact) mass is 168 g/mol. The largest absolute Gasteiger partial charge is 0.391 e. The highest BCUT2D eigenvalue weighted by atomic mass is 16.6. The third-order valence-corrected chi connectivity index (χ3v) is 0.964. The Hall–Kier alpha value is -1.67. The van der Waals surface area contributed by atoms with E-state index < -0.39 is 17.4 Å². The fraction of sp³-hybridized carbons (Fsp3) is 0.286. The molecule has 2 N–H and O–H groups in total. The SMILES string of the molecule is CC#C/C(=C\C(=N)[N+](=O)[O-])CO. The minimum absolute atomic E-state index is 0.166. The van der Waals surface area contributed by atoms with E-state index in [-0.39, 0.29) is 5.57 Å². The summed E-state index contributed by atoms with van der Waals surface area (Å²) in [6.07, 6.45) is 0.927. The first-order valence-corrected chi connectivity index (χ1v) is 3.09. The summed E-state index contributed by atoms with van der Waals surface area (Å²) in [4.78, 5) is 9.11. The number of aliphatic hydroxyl groups excluding tert-OH is 1. The van der Waals surface area contributed by atoms with Crippen molar-refractivity contribution in [2.24, 2.45) is 0 Å². The summed E-state index contributed by atoms with van der Waals surface area (Å²) in [5.74, 6) is 4.12. The number of rotatable bonds is 2. The highest BCUT2D eigenvalue weighted by Gasteiger charge is 2.03. The van der Waals surface area contributed by atoms with Crippen LogP contribution in [0.4, 0.5) is 0 Å². The van der Waals surface area contributed by atoms with Crippen LogP contribution in [0.3, 0.4) is 0 Å². The van der Waals surface area contributed by atoms with Gasteiger partial charge in [0, 0.05) is 11.6 Å². The summed E-state index contributed by atoms with van der Waals surface area (Å²) in [7, 11) is 0. The summed E-state index contributed by atoms with van der Waals surface area (Å²) in [6, 6.07) is 0. The van der Waals surface area contributed by atoms with Crippen LogP contribution < -0.4 is 0 Å². The van der Waals surface area contributed by atoms with E-state index in [1.54, 1.807) is 6.92 Å². The Kier molecular flexibility index (Phi) is 4.34. The zero-order chi connectivity index (χ0) is 9.56. The highest BCUT2D eigenvalue weighted by molar-refractivity contribution is 5.84. The lowest BCUT2D eigenvalue weighted by Crippen LogP contribution is -2.07. The van der Waals surface area contributed by atoms with Crippen molar-refractivity contribution in [3.63, 3.8) is 0 Å². The van der Waals surface area contributed by atoms with Crippen molar-refractivity contribution in [2.75, 3.05) is 6.61 Å². The van der Waals surface area contributed by atoms with Gasteiger partial charge >= 0.3 is 5.84 Å². The molecule has 0 radical (unpaired) electrons. The summed E-state index contributed by atoms with van der Waals surface area (Å²) in [5, 5.41) is 25.4. The van der Waals surface area contributed by atoms with Gasteiger partial charge in [0.15, 0.2) is 0 Å². The van der Waals surface area contributed by atoms with Gasteiger partial charge in [-0.3, -0.25) is 0 Å². The molecule has 0 bridgehead atoms. The normalized spacial score (nSPS) is 10.0. The van der Waals surface area contributed by atoms with E-state index >= 15 is 0 Å². The average molecular weight is 168 g/mol. The van der Waals surface area contributed by atoms with Gasteiger partial charge in [-0.05, 0) is 11.8 Å². The first-order chi connectivity index (χ1) is 5.61. The smallest absolute Gasteiger partial charge is 0.356 e. The lowest BCUT2D eigenvalue weighted by molar-refractivity contribution is -0.349. The van der Waals surface area contributed by atoms with Crippen LogP contribution >= 0.6 is 0 Å². The first-order valence-electron chi connectivity index (χ1n) is 3.09. The molecular formula is C7H8N2O3. The van der Waals surface area contributed by atoms with Gasteiger partial charge in [0.2, 0.25) is 0 Å². The maximum atomic E-state index is 9.96. The van der Waals surface area contributed by atoms with E-state index in [0.717, 1.165) is 6.08 Å². The average Bonchev–Trinajstić information content (AvgIpc) is 2.03. The van der Waals surface area contributed by atoms with Gasteiger partial charge in [-0.25, -0.2) is 0 Å². The number of aliphatic hydroxyl groups is 1. The standard InChI is InChI=1S/C7H8N2O3/c1-2-3-6(5-10)4-7(8)9(11)12/h4,8,10H,5H2,1H3/b6-4+,8-7?. The minimum Gasteiger partial charge on any atom is -0.391 e. The summed E-state index contributed by atoms with van der Waals surface area (Å²) >= 11 is 0. The zero-order valence-corrected chi connectivity index (χ0v) is 6.50. The molecule has 12 heavy (non-hydrogen) atoms. The number of hydrogen-bond donors (Lipinski definition) is 2. The Bertz CT molecular complexity index is 283. The van der Waals surface area contributed by atoms with E-state index in [0.29, 0.717) is 0 Å². The van der Waals surface area contributed by atoms with Crippen LogP contribution in [0.1, 0.15) is 6.92 Å². The van der Waals surface area contributed by atoms with Gasteiger partial charge in [0.05, 0.1) is 6.61 Å². The molecule has 0 unspecified atom stereocenters. The Morgan fingerprint density at radius 3 is 2.75 bits per heavy atom. The second kappa shape index (κ2) is 5.04. The molecule has 0 aromatic carbocycles. The van der Waals surface area contributed by atoms with Crippen molar-refractivity contribution < 1.29 is 10.0 Å². The highest BCUT2D eigenvalue weighted by Crippen LogP contribution is 1.91. The molecule has 0 aromatic heterocycles. The third kappa shape index (κ3) is 3.49. The summed E-state index contributed by atoms with van der Waals surface area (Å²) in [5.41, 5.74) is 0.166. The fourth-order valence-electron chi connectivity index (χ4n) is 0.500. The van der Waals surface area contributed by atoms with Crippen molar-refractivity contribution in [1.29, 1.82) is 5.41 Å². The lowest BCUT2D eigenvalue weighted by atomic mass is 10.2. The molecule has 0 rings (SSSR count). The second-order valence-electron chi connectivity index (χ2n) is 1.85. The molecule has 0 heterocycles. The molecule has 5 heteroatoms. The van der Waals surface area contributed by atoms with Crippen molar-refractivity contribution in [3.8, 4) is 11.8 Å². The van der Waals surface area contributed by atoms with E-state index in [2.05, 4.69) is 11.8 Å². The number of nitrogens with zero attached hydrogens (tertiary/aromatic N) is 1. The third-order valence-electron chi connectivity index (χ3n) is 0.964. The van der Waals surface area contributed by atoms with Crippen LogP contribution in [-0.2, 0) is 0 Å².